The number of methoxy groups -OCH3 is 1. The second-order valence-electron chi connectivity index (χ2n) is 3.85. The van der Waals surface area contributed by atoms with Crippen LogP contribution in [-0.4, -0.2) is 32.5 Å². The predicted molar refractivity (Wildman–Crippen MR) is 69.9 cm³/mol. The summed E-state index contributed by atoms with van der Waals surface area (Å²) in [5.74, 6) is -1.44. The van der Waals surface area contributed by atoms with Crippen LogP contribution < -0.4 is 15.2 Å². The van der Waals surface area contributed by atoms with E-state index in [1.807, 2.05) is 0 Å². The average Bonchev–Trinajstić information content (AvgIpc) is 2.35. The highest BCUT2D eigenvalue weighted by Gasteiger charge is 2.14. The molecular formula is C11H14N2O6S. The third-order valence-corrected chi connectivity index (χ3v) is 3.25. The molecule has 0 saturated heterocycles. The summed E-state index contributed by atoms with van der Waals surface area (Å²) in [5, 5.41) is 15.8. The maximum atomic E-state index is 11.5. The summed E-state index contributed by atoms with van der Waals surface area (Å²) in [5.41, 5.74) is 0.106. The van der Waals surface area contributed by atoms with Crippen LogP contribution >= 0.6 is 0 Å². The zero-order valence-electron chi connectivity index (χ0n) is 10.6. The fourth-order valence-electron chi connectivity index (χ4n) is 1.39. The molecule has 0 aliphatic carbocycles. The lowest BCUT2D eigenvalue weighted by Crippen LogP contribution is -2.16. The summed E-state index contributed by atoms with van der Waals surface area (Å²) in [6.07, 6.45) is -0.568. The number of carbonyl (C=O) groups excluding carboxylic acids is 1. The van der Waals surface area contributed by atoms with Gasteiger partial charge in [-0.1, -0.05) is 0 Å². The van der Waals surface area contributed by atoms with Crippen LogP contribution in [0.1, 0.15) is 12.8 Å². The molecule has 0 bridgehead atoms. The van der Waals surface area contributed by atoms with E-state index in [1.54, 1.807) is 0 Å². The Bertz CT molecular complexity index is 626. The van der Waals surface area contributed by atoms with Gasteiger partial charge in [0, 0.05) is 6.42 Å². The molecule has 0 heterocycles. The predicted octanol–water partition coefficient (Wildman–Crippen LogP) is 0.146. The molecule has 1 aromatic carbocycles. The quantitative estimate of drug-likeness (QED) is 0.684. The molecule has 0 aliphatic heterocycles. The lowest BCUT2D eigenvalue weighted by Gasteiger charge is -2.11. The van der Waals surface area contributed by atoms with Gasteiger partial charge in [0.15, 0.2) is 0 Å². The van der Waals surface area contributed by atoms with E-state index in [2.05, 4.69) is 5.32 Å². The summed E-state index contributed by atoms with van der Waals surface area (Å²) in [6.45, 7) is 0. The zero-order chi connectivity index (χ0) is 15.3. The third kappa shape index (κ3) is 4.52. The molecule has 1 rings (SSSR count). The van der Waals surface area contributed by atoms with Crippen molar-refractivity contribution >= 4 is 27.6 Å². The van der Waals surface area contributed by atoms with E-state index in [1.165, 1.54) is 19.2 Å². The first-order valence-corrected chi connectivity index (χ1v) is 7.01. The van der Waals surface area contributed by atoms with Gasteiger partial charge in [0.25, 0.3) is 0 Å². The average molecular weight is 302 g/mol. The van der Waals surface area contributed by atoms with Gasteiger partial charge in [0.1, 0.15) is 5.75 Å². The van der Waals surface area contributed by atoms with Gasteiger partial charge in [0.2, 0.25) is 15.9 Å². The van der Waals surface area contributed by atoms with Crippen molar-refractivity contribution in [1.29, 1.82) is 0 Å². The molecule has 0 atom stereocenters. The van der Waals surface area contributed by atoms with E-state index >= 15 is 0 Å². The van der Waals surface area contributed by atoms with Crippen molar-refractivity contribution in [3.63, 3.8) is 0 Å². The molecule has 4 N–H and O–H groups in total. The van der Waals surface area contributed by atoms with E-state index in [9.17, 15) is 18.0 Å². The first-order chi connectivity index (χ1) is 9.24. The Labute approximate surface area is 115 Å². The van der Waals surface area contributed by atoms with Crippen molar-refractivity contribution in [3.05, 3.63) is 18.2 Å². The van der Waals surface area contributed by atoms with Crippen molar-refractivity contribution in [2.45, 2.75) is 17.7 Å². The Morgan fingerprint density at radius 3 is 2.50 bits per heavy atom. The number of nitrogens with one attached hydrogen (secondary N) is 1. The van der Waals surface area contributed by atoms with E-state index in [0.29, 0.717) is 0 Å². The molecule has 0 aliphatic rings. The second kappa shape index (κ2) is 6.35. The number of aliphatic carboxylic acids is 1. The van der Waals surface area contributed by atoms with Crippen LogP contribution in [0, 0.1) is 0 Å². The van der Waals surface area contributed by atoms with E-state index in [0.717, 1.165) is 6.07 Å². The summed E-state index contributed by atoms with van der Waals surface area (Å²) < 4.78 is 27.4. The van der Waals surface area contributed by atoms with E-state index in [-0.39, 0.29) is 29.2 Å². The van der Waals surface area contributed by atoms with Crippen LogP contribution in [0.2, 0.25) is 0 Å². The highest BCUT2D eigenvalue weighted by molar-refractivity contribution is 7.89. The molecule has 0 aromatic heterocycles. The third-order valence-electron chi connectivity index (χ3n) is 2.34. The lowest BCUT2D eigenvalue weighted by atomic mass is 10.2. The Morgan fingerprint density at radius 1 is 1.35 bits per heavy atom. The SMILES string of the molecule is COc1ccc(S(N)(=O)=O)cc1NC(=O)CCC(=O)O. The van der Waals surface area contributed by atoms with Crippen LogP contribution in [0.4, 0.5) is 5.69 Å². The highest BCUT2D eigenvalue weighted by atomic mass is 32.2. The number of nitrogens with two attached hydrogens (primary N) is 1. The van der Waals surface area contributed by atoms with Crippen LogP contribution in [0.5, 0.6) is 5.75 Å². The minimum Gasteiger partial charge on any atom is -0.495 e. The first kappa shape index (κ1) is 15.9. The molecule has 0 fully saturated rings. The summed E-state index contributed by atoms with van der Waals surface area (Å²) in [6, 6.07) is 3.72. The van der Waals surface area contributed by atoms with Crippen molar-refractivity contribution in [3.8, 4) is 5.75 Å². The van der Waals surface area contributed by atoms with Gasteiger partial charge in [-0.15, -0.1) is 0 Å². The number of benzene rings is 1. The number of ether oxygens (including phenoxy) is 1. The first-order valence-electron chi connectivity index (χ1n) is 5.46. The summed E-state index contributed by atoms with van der Waals surface area (Å²) in [7, 11) is -2.57. The monoisotopic (exact) mass is 302 g/mol. The number of hydrogen-bond donors (Lipinski definition) is 3. The number of primary sulfonamides is 1. The Balaban J connectivity index is 2.97. The topological polar surface area (TPSA) is 136 Å². The molecule has 0 unspecified atom stereocenters. The van der Waals surface area contributed by atoms with Crippen LogP contribution in [0.3, 0.4) is 0 Å². The molecule has 110 valence electrons. The molecule has 9 heteroatoms. The largest absolute Gasteiger partial charge is 0.495 e. The number of sulfonamides is 1. The highest BCUT2D eigenvalue weighted by Crippen LogP contribution is 2.27. The number of carbonyl (C=O) groups is 2. The van der Waals surface area contributed by atoms with Gasteiger partial charge in [-0.3, -0.25) is 9.59 Å². The molecule has 20 heavy (non-hydrogen) atoms. The smallest absolute Gasteiger partial charge is 0.303 e. The number of amides is 1. The number of hydrogen-bond acceptors (Lipinski definition) is 5. The molecule has 0 radical (unpaired) electrons. The lowest BCUT2D eigenvalue weighted by molar-refractivity contribution is -0.138. The Hall–Kier alpha value is -2.13. The van der Waals surface area contributed by atoms with Crippen molar-refractivity contribution in [2.75, 3.05) is 12.4 Å². The molecule has 1 aromatic rings. The Kier molecular flexibility index (Phi) is 5.06. The minimum absolute atomic E-state index is 0.106. The van der Waals surface area contributed by atoms with E-state index < -0.39 is 21.9 Å². The molecule has 8 nitrogen and oxygen atoms in total. The number of anilines is 1. The standard InChI is InChI=1S/C11H14N2O6S/c1-19-9-3-2-7(20(12,17)18)6-8(9)13-10(14)4-5-11(15)16/h2-3,6H,4-5H2,1H3,(H,13,14)(H,15,16)(H2,12,17,18). The molecular weight excluding hydrogens is 288 g/mol. The summed E-state index contributed by atoms with van der Waals surface area (Å²) >= 11 is 0. The van der Waals surface area contributed by atoms with Gasteiger partial charge < -0.3 is 15.2 Å². The zero-order valence-corrected chi connectivity index (χ0v) is 11.4. The molecule has 0 spiro atoms. The van der Waals surface area contributed by atoms with Gasteiger partial charge in [0.05, 0.1) is 24.1 Å². The summed E-state index contributed by atoms with van der Waals surface area (Å²) in [4.78, 5) is 21.7. The van der Waals surface area contributed by atoms with Gasteiger partial charge in [-0.2, -0.15) is 0 Å². The van der Waals surface area contributed by atoms with Gasteiger partial charge >= 0.3 is 5.97 Å². The van der Waals surface area contributed by atoms with Crippen molar-refractivity contribution in [2.24, 2.45) is 5.14 Å². The second-order valence-corrected chi connectivity index (χ2v) is 5.41. The number of carboxylic acid groups (broad SMARTS) is 1. The maximum absolute atomic E-state index is 11.5. The van der Waals surface area contributed by atoms with Crippen LogP contribution in [0.15, 0.2) is 23.1 Å². The van der Waals surface area contributed by atoms with E-state index in [4.69, 9.17) is 15.0 Å². The van der Waals surface area contributed by atoms with Gasteiger partial charge in [-0.25, -0.2) is 13.6 Å². The van der Waals surface area contributed by atoms with Crippen molar-refractivity contribution in [1.82, 2.24) is 0 Å². The van der Waals surface area contributed by atoms with Gasteiger partial charge in [-0.05, 0) is 18.2 Å². The molecule has 1 amide bonds. The normalized spacial score (nSPS) is 10.9. The fraction of sp³-hybridized carbons (Fsp3) is 0.273. The number of rotatable bonds is 6. The minimum atomic E-state index is -3.91. The fourth-order valence-corrected chi connectivity index (χ4v) is 1.93. The number of carboxylic acids is 1. The maximum Gasteiger partial charge on any atom is 0.303 e. The molecule has 0 saturated carbocycles. The van der Waals surface area contributed by atoms with Crippen LogP contribution in [-0.2, 0) is 19.6 Å². The van der Waals surface area contributed by atoms with Crippen molar-refractivity contribution < 1.29 is 27.9 Å². The Morgan fingerprint density at radius 2 is 2.00 bits per heavy atom. The van der Waals surface area contributed by atoms with Crippen LogP contribution in [0.25, 0.3) is 0 Å².